The molecular formula is C61H41NO. The molecule has 0 radical (unpaired) electrons. The van der Waals surface area contributed by atoms with Crippen LogP contribution in [0, 0.1) is 0 Å². The van der Waals surface area contributed by atoms with Crippen LogP contribution in [0.1, 0.15) is 22.3 Å². The van der Waals surface area contributed by atoms with Crippen molar-refractivity contribution < 1.29 is 4.74 Å². The normalized spacial score (nSPS) is 12.7. The van der Waals surface area contributed by atoms with E-state index >= 15 is 0 Å². The van der Waals surface area contributed by atoms with Crippen LogP contribution in [-0.4, -0.2) is 0 Å². The summed E-state index contributed by atoms with van der Waals surface area (Å²) in [6.45, 7) is 0. The van der Waals surface area contributed by atoms with E-state index in [2.05, 4.69) is 254 Å². The molecule has 2 heteroatoms. The maximum atomic E-state index is 6.59. The van der Waals surface area contributed by atoms with E-state index in [-0.39, 0.29) is 0 Å². The molecule has 0 saturated carbocycles. The number of benzene rings is 10. The zero-order valence-corrected chi connectivity index (χ0v) is 34.5. The van der Waals surface area contributed by atoms with Crippen LogP contribution >= 0.6 is 0 Å². The van der Waals surface area contributed by atoms with Gasteiger partial charge in [-0.25, -0.2) is 0 Å². The maximum Gasteiger partial charge on any atom is 0.132 e. The summed E-state index contributed by atoms with van der Waals surface area (Å²) in [4.78, 5) is 2.36. The Balaban J connectivity index is 0.949. The molecule has 0 aromatic heterocycles. The van der Waals surface area contributed by atoms with E-state index in [1.807, 2.05) is 0 Å². The fourth-order valence-corrected chi connectivity index (χ4v) is 10.1. The van der Waals surface area contributed by atoms with Crippen LogP contribution in [0.25, 0.3) is 55.6 Å². The van der Waals surface area contributed by atoms with Crippen LogP contribution in [0.5, 0.6) is 11.5 Å². The Morgan fingerprint density at radius 2 is 0.603 bits per heavy atom. The largest absolute Gasteiger partial charge is 0.457 e. The number of nitrogens with zero attached hydrogens (tertiary/aromatic N) is 1. The maximum absolute atomic E-state index is 6.59. The summed E-state index contributed by atoms with van der Waals surface area (Å²) >= 11 is 0. The van der Waals surface area contributed by atoms with Crippen molar-refractivity contribution in [3.05, 3.63) is 271 Å². The number of hydrogen-bond acceptors (Lipinski definition) is 2. The molecule has 10 aromatic rings. The Morgan fingerprint density at radius 1 is 0.254 bits per heavy atom. The van der Waals surface area contributed by atoms with Gasteiger partial charge in [-0.15, -0.1) is 0 Å². The molecule has 0 N–H and O–H groups in total. The molecule has 2 nitrogen and oxygen atoms in total. The Hall–Kier alpha value is -8.20. The van der Waals surface area contributed by atoms with E-state index in [1.54, 1.807) is 0 Å². The summed E-state index contributed by atoms with van der Waals surface area (Å²) in [5, 5.41) is 0. The van der Waals surface area contributed by atoms with Crippen LogP contribution in [0.4, 0.5) is 17.1 Å². The lowest BCUT2D eigenvalue weighted by molar-refractivity contribution is 0.436. The molecule has 0 amide bonds. The lowest BCUT2D eigenvalue weighted by Crippen LogP contribution is -2.32. The number of para-hydroxylation sites is 2. The number of fused-ring (bicyclic) bond motifs is 9. The number of rotatable bonds is 7. The molecule has 1 aliphatic heterocycles. The van der Waals surface area contributed by atoms with Gasteiger partial charge in [-0.3, -0.25) is 0 Å². The topological polar surface area (TPSA) is 12.5 Å². The predicted molar refractivity (Wildman–Crippen MR) is 260 cm³/mol. The average Bonchev–Trinajstić information content (AvgIpc) is 3.66. The Morgan fingerprint density at radius 3 is 1.10 bits per heavy atom. The Labute approximate surface area is 368 Å². The molecule has 296 valence electrons. The highest BCUT2D eigenvalue weighted by Crippen LogP contribution is 2.63. The van der Waals surface area contributed by atoms with Crippen LogP contribution in [0.3, 0.4) is 0 Å². The van der Waals surface area contributed by atoms with Crippen molar-refractivity contribution in [1.29, 1.82) is 0 Å². The fraction of sp³-hybridized carbons (Fsp3) is 0.0164. The van der Waals surface area contributed by atoms with Gasteiger partial charge in [0.05, 0.1) is 5.41 Å². The summed E-state index contributed by atoms with van der Waals surface area (Å²) in [6.07, 6.45) is 0. The van der Waals surface area contributed by atoms with Crippen molar-refractivity contribution in [1.82, 2.24) is 0 Å². The van der Waals surface area contributed by atoms with Crippen molar-refractivity contribution in [2.45, 2.75) is 5.41 Å². The molecule has 1 aliphatic carbocycles. The summed E-state index contributed by atoms with van der Waals surface area (Å²) in [5.41, 5.74) is 19.8. The number of hydrogen-bond donors (Lipinski definition) is 0. The molecular weight excluding hydrogens is 763 g/mol. The molecule has 0 unspecified atom stereocenters. The predicted octanol–water partition coefficient (Wildman–Crippen LogP) is 16.3. The van der Waals surface area contributed by atoms with Gasteiger partial charge in [-0.05, 0) is 115 Å². The molecule has 0 saturated heterocycles. The van der Waals surface area contributed by atoms with Gasteiger partial charge < -0.3 is 9.64 Å². The van der Waals surface area contributed by atoms with Gasteiger partial charge in [-0.2, -0.15) is 0 Å². The summed E-state index contributed by atoms with van der Waals surface area (Å²) in [7, 11) is 0. The first kappa shape index (κ1) is 36.6. The molecule has 2 aliphatic rings. The monoisotopic (exact) mass is 803 g/mol. The zero-order valence-electron chi connectivity index (χ0n) is 34.5. The van der Waals surface area contributed by atoms with E-state index in [0.29, 0.717) is 0 Å². The van der Waals surface area contributed by atoms with E-state index in [1.165, 1.54) is 77.9 Å². The summed E-state index contributed by atoms with van der Waals surface area (Å²) in [5.74, 6) is 1.80. The number of ether oxygens (including phenoxy) is 1. The minimum absolute atomic E-state index is 0.508. The van der Waals surface area contributed by atoms with Crippen molar-refractivity contribution in [2.24, 2.45) is 0 Å². The summed E-state index contributed by atoms with van der Waals surface area (Å²) < 4.78 is 6.59. The summed E-state index contributed by atoms with van der Waals surface area (Å²) in [6, 6.07) is 89.9. The highest BCUT2D eigenvalue weighted by molar-refractivity contribution is 5.97. The Bertz CT molecular complexity index is 3220. The van der Waals surface area contributed by atoms with E-state index in [0.717, 1.165) is 28.6 Å². The first-order valence-corrected chi connectivity index (χ1v) is 21.7. The van der Waals surface area contributed by atoms with Gasteiger partial charge in [0.15, 0.2) is 0 Å². The third-order valence-electron chi connectivity index (χ3n) is 13.0. The van der Waals surface area contributed by atoms with Gasteiger partial charge in [0.1, 0.15) is 11.5 Å². The third kappa shape index (κ3) is 6.02. The molecule has 63 heavy (non-hydrogen) atoms. The second-order valence-corrected chi connectivity index (χ2v) is 16.4. The highest BCUT2D eigenvalue weighted by Gasteiger charge is 2.51. The van der Waals surface area contributed by atoms with Crippen LogP contribution < -0.4 is 9.64 Å². The van der Waals surface area contributed by atoms with Gasteiger partial charge >= 0.3 is 0 Å². The average molecular weight is 804 g/mol. The van der Waals surface area contributed by atoms with Gasteiger partial charge in [-0.1, -0.05) is 200 Å². The van der Waals surface area contributed by atoms with E-state index < -0.39 is 5.41 Å². The Kier molecular flexibility index (Phi) is 8.76. The van der Waals surface area contributed by atoms with Crippen molar-refractivity contribution in [2.75, 3.05) is 4.90 Å². The van der Waals surface area contributed by atoms with Gasteiger partial charge in [0, 0.05) is 28.2 Å². The molecule has 12 rings (SSSR count). The lowest BCUT2D eigenvalue weighted by Gasteiger charge is -2.39. The molecule has 1 spiro atoms. The molecule has 10 aromatic carbocycles. The van der Waals surface area contributed by atoms with Crippen molar-refractivity contribution in [3.63, 3.8) is 0 Å². The van der Waals surface area contributed by atoms with E-state index in [9.17, 15) is 0 Å². The van der Waals surface area contributed by atoms with Gasteiger partial charge in [0.25, 0.3) is 0 Å². The molecule has 0 atom stereocenters. The van der Waals surface area contributed by atoms with E-state index in [4.69, 9.17) is 4.74 Å². The third-order valence-corrected chi connectivity index (χ3v) is 13.0. The zero-order chi connectivity index (χ0) is 41.7. The fourth-order valence-electron chi connectivity index (χ4n) is 10.1. The van der Waals surface area contributed by atoms with Gasteiger partial charge in [0.2, 0.25) is 0 Å². The smallest absolute Gasteiger partial charge is 0.132 e. The second-order valence-electron chi connectivity index (χ2n) is 16.4. The lowest BCUT2D eigenvalue weighted by atomic mass is 9.66. The number of anilines is 3. The SMILES string of the molecule is c1ccc(-c2ccc(-c3ccc(N(c4ccc(-c5ccccc5)cc4)c4ccc(-c5cccc6c5-c5ccccc5C65c6ccccc6Oc6ccccc65)cc4)cc3)cc2)cc1. The molecule has 0 fully saturated rings. The highest BCUT2D eigenvalue weighted by atomic mass is 16.5. The van der Waals surface area contributed by atoms with Crippen molar-refractivity contribution in [3.8, 4) is 67.1 Å². The molecule has 0 bridgehead atoms. The minimum atomic E-state index is -0.508. The van der Waals surface area contributed by atoms with Crippen LogP contribution in [0.2, 0.25) is 0 Å². The van der Waals surface area contributed by atoms with Crippen LogP contribution in [-0.2, 0) is 5.41 Å². The first-order valence-electron chi connectivity index (χ1n) is 21.7. The standard InChI is InChI=1S/C61H41NO/c1-3-14-42(15-4-1)44-26-28-45(29-27-44)47-32-38-50(39-33-47)62(49-36-30-46(31-37-49)43-16-5-2-6-17-43)51-40-34-48(35-41-51)52-19-13-23-57-60(52)53-18-7-8-20-54(53)61(57)55-21-9-11-24-58(55)63-59-25-12-10-22-56(59)61/h1-41H. The first-order chi connectivity index (χ1) is 31.2. The van der Waals surface area contributed by atoms with Crippen molar-refractivity contribution >= 4 is 17.1 Å². The van der Waals surface area contributed by atoms with Crippen LogP contribution in [0.15, 0.2) is 249 Å². The second kappa shape index (κ2) is 15.1. The minimum Gasteiger partial charge on any atom is -0.457 e. The molecule has 1 heterocycles. The quantitative estimate of drug-likeness (QED) is 0.159.